The third kappa shape index (κ3) is 3.92. The van der Waals surface area contributed by atoms with Gasteiger partial charge >= 0.3 is 24.2 Å². The number of carbonyl (C=O) groups excluding carboxylic acids is 1. The van der Waals surface area contributed by atoms with Gasteiger partial charge in [0.25, 0.3) is 0 Å². The highest BCUT2D eigenvalue weighted by Crippen LogP contribution is 2.43. The molecule has 0 spiro atoms. The second-order valence-electron chi connectivity index (χ2n) is 3.01. The number of amides is 1. The van der Waals surface area contributed by atoms with Crippen LogP contribution < -0.4 is 5.32 Å². The van der Waals surface area contributed by atoms with E-state index in [1.54, 1.807) is 0 Å². The van der Waals surface area contributed by atoms with Crippen molar-refractivity contribution in [3.8, 4) is 12.3 Å². The molecule has 0 bridgehead atoms. The van der Waals surface area contributed by atoms with Crippen LogP contribution in [0.4, 0.5) is 31.1 Å². The first-order chi connectivity index (χ1) is 8.52. The van der Waals surface area contributed by atoms with Crippen molar-refractivity contribution in [2.24, 2.45) is 0 Å². The maximum atomic E-state index is 12.6. The second-order valence-corrected chi connectivity index (χ2v) is 3.01. The van der Waals surface area contributed by atoms with E-state index in [1.807, 2.05) is 0 Å². The fourth-order valence-corrected chi connectivity index (χ4v) is 0.963. The molecule has 4 nitrogen and oxygen atoms in total. The Balaban J connectivity index is 5.52. The van der Waals surface area contributed by atoms with Crippen LogP contribution in [0.5, 0.6) is 0 Å². The minimum absolute atomic E-state index is 0.424. The molecule has 0 fully saturated rings. The molecule has 19 heavy (non-hydrogen) atoms. The molecule has 0 saturated carbocycles. The van der Waals surface area contributed by atoms with E-state index in [-0.39, 0.29) is 0 Å². The number of rotatable bonds is 4. The molecule has 0 saturated heterocycles. The van der Waals surface area contributed by atoms with Gasteiger partial charge in [-0.1, -0.05) is 5.92 Å². The van der Waals surface area contributed by atoms with E-state index in [0.717, 1.165) is 0 Å². The zero-order valence-corrected chi connectivity index (χ0v) is 9.48. The Hall–Kier alpha value is -1.63. The smallest absolute Gasteiger partial charge is 0.446 e. The Morgan fingerprint density at radius 1 is 1.21 bits per heavy atom. The average molecular weight is 293 g/mol. The predicted octanol–water partition coefficient (Wildman–Crippen LogP) is 2.20. The van der Waals surface area contributed by atoms with E-state index in [1.165, 1.54) is 12.8 Å². The zero-order valence-electron chi connectivity index (χ0n) is 9.48. The first-order valence-corrected chi connectivity index (χ1v) is 4.67. The fourth-order valence-electron chi connectivity index (χ4n) is 0.963. The summed E-state index contributed by atoms with van der Waals surface area (Å²) in [6, 6.07) is 0. The van der Waals surface area contributed by atoms with E-state index in [2.05, 4.69) is 15.9 Å². The summed E-state index contributed by atoms with van der Waals surface area (Å²) in [5, 5.41) is 0.617. The van der Waals surface area contributed by atoms with E-state index < -0.39 is 37.4 Å². The number of terminal acetylenes is 1. The third-order valence-electron chi connectivity index (χ3n) is 1.72. The number of halogens is 6. The van der Waals surface area contributed by atoms with Crippen LogP contribution >= 0.6 is 0 Å². The van der Waals surface area contributed by atoms with Gasteiger partial charge in [0.1, 0.15) is 6.61 Å². The number of carbonyl (C=O) groups is 1. The lowest BCUT2D eigenvalue weighted by Gasteiger charge is -2.36. The second kappa shape index (κ2) is 6.01. The van der Waals surface area contributed by atoms with Crippen molar-refractivity contribution >= 4 is 6.09 Å². The molecule has 0 radical (unpaired) electrons. The Kier molecular flexibility index (Phi) is 5.49. The van der Waals surface area contributed by atoms with Gasteiger partial charge in [-0.2, -0.15) is 26.3 Å². The molecule has 0 atom stereocenters. The molecule has 0 aromatic carbocycles. The molecule has 0 aliphatic carbocycles. The summed E-state index contributed by atoms with van der Waals surface area (Å²) in [5.41, 5.74) is -4.92. The molecule has 1 N–H and O–H groups in total. The van der Waals surface area contributed by atoms with Crippen molar-refractivity contribution in [2.75, 3.05) is 13.2 Å². The van der Waals surface area contributed by atoms with Crippen LogP contribution in [0.15, 0.2) is 0 Å². The molecule has 0 aliphatic heterocycles. The highest BCUT2D eigenvalue weighted by molar-refractivity contribution is 5.68. The lowest BCUT2D eigenvalue weighted by molar-refractivity contribution is -0.386. The van der Waals surface area contributed by atoms with Gasteiger partial charge in [0, 0.05) is 0 Å². The molecule has 1 amide bonds. The lowest BCUT2D eigenvalue weighted by atomic mass is 10.2. The first-order valence-electron chi connectivity index (χ1n) is 4.67. The Morgan fingerprint density at radius 3 is 2.00 bits per heavy atom. The van der Waals surface area contributed by atoms with Crippen LogP contribution in [0.2, 0.25) is 0 Å². The van der Waals surface area contributed by atoms with Crippen LogP contribution in [0.25, 0.3) is 0 Å². The molecular weight excluding hydrogens is 284 g/mol. The number of alkyl halides is 6. The van der Waals surface area contributed by atoms with E-state index in [0.29, 0.717) is 5.32 Å². The van der Waals surface area contributed by atoms with Gasteiger partial charge in [0.15, 0.2) is 0 Å². The monoisotopic (exact) mass is 293 g/mol. The first kappa shape index (κ1) is 17.4. The highest BCUT2D eigenvalue weighted by Gasteiger charge is 2.74. The molecule has 10 heteroatoms. The summed E-state index contributed by atoms with van der Waals surface area (Å²) in [6.45, 7) is -0.539. The number of alkyl carbamates (subject to hydrolysis) is 1. The summed E-state index contributed by atoms with van der Waals surface area (Å²) in [6.07, 6.45) is -9.33. The lowest BCUT2D eigenvalue weighted by Crippen LogP contribution is -2.69. The molecule has 0 unspecified atom stereocenters. The maximum absolute atomic E-state index is 12.6. The van der Waals surface area contributed by atoms with Crippen LogP contribution in [-0.2, 0) is 9.47 Å². The number of nitrogens with one attached hydrogen (secondary N) is 1. The average Bonchev–Trinajstić information content (AvgIpc) is 2.21. The van der Waals surface area contributed by atoms with Crippen molar-refractivity contribution < 1.29 is 40.6 Å². The molecule has 0 aromatic heterocycles. The molecule has 0 rings (SSSR count). The fraction of sp³-hybridized carbons (Fsp3) is 0.667. The van der Waals surface area contributed by atoms with E-state index in [4.69, 9.17) is 0 Å². The van der Waals surface area contributed by atoms with Gasteiger partial charge in [-0.15, -0.1) is 6.42 Å². The third-order valence-corrected chi connectivity index (χ3v) is 1.72. The number of hydrogen-bond donors (Lipinski definition) is 1. The topological polar surface area (TPSA) is 47.6 Å². The molecular formula is C9H9F6NO3. The van der Waals surface area contributed by atoms with Crippen molar-refractivity contribution in [3.05, 3.63) is 0 Å². The molecule has 0 heterocycles. The van der Waals surface area contributed by atoms with E-state index in [9.17, 15) is 31.1 Å². The summed E-state index contributed by atoms with van der Waals surface area (Å²) < 4.78 is 83.3. The maximum Gasteiger partial charge on any atom is 0.446 e. The van der Waals surface area contributed by atoms with Gasteiger partial charge in [-0.25, -0.2) is 4.79 Å². The van der Waals surface area contributed by atoms with Gasteiger partial charge < -0.3 is 9.47 Å². The van der Waals surface area contributed by atoms with Gasteiger partial charge in [0.2, 0.25) is 0 Å². The minimum Gasteiger partial charge on any atom is -0.450 e. The van der Waals surface area contributed by atoms with Crippen molar-refractivity contribution in [1.82, 2.24) is 5.32 Å². The molecule has 0 aromatic rings. The van der Waals surface area contributed by atoms with Crippen LogP contribution in [-0.4, -0.2) is 37.4 Å². The standard InChI is InChI=1S/C9H9F6NO3/c1-3-5-19-7(8(10,11)12,9(13,14)15)16-6(17)18-4-2/h1H,4-5H2,2H3,(H,16,17). The summed E-state index contributed by atoms with van der Waals surface area (Å²) in [7, 11) is 0. The van der Waals surface area contributed by atoms with Crippen LogP contribution in [0, 0.1) is 12.3 Å². The Bertz CT molecular complexity index is 342. The SMILES string of the molecule is C#CCOC(NC(=O)OCC)(C(F)(F)F)C(F)(F)F. The normalized spacial score (nSPS) is 12.7. The number of ether oxygens (including phenoxy) is 2. The Morgan fingerprint density at radius 2 is 1.68 bits per heavy atom. The van der Waals surface area contributed by atoms with Crippen LogP contribution in [0.3, 0.4) is 0 Å². The van der Waals surface area contributed by atoms with Gasteiger partial charge in [0.05, 0.1) is 6.61 Å². The Labute approximate surface area is 104 Å². The minimum atomic E-state index is -5.98. The van der Waals surface area contributed by atoms with Crippen molar-refractivity contribution in [2.45, 2.75) is 25.0 Å². The van der Waals surface area contributed by atoms with E-state index >= 15 is 0 Å². The quantitative estimate of drug-likeness (QED) is 0.491. The number of hydrogen-bond acceptors (Lipinski definition) is 3. The summed E-state index contributed by atoms with van der Waals surface area (Å²) >= 11 is 0. The largest absolute Gasteiger partial charge is 0.450 e. The molecule has 0 aliphatic rings. The molecule has 110 valence electrons. The zero-order chi connectivity index (χ0) is 15.3. The van der Waals surface area contributed by atoms with Gasteiger partial charge in [-0.05, 0) is 6.92 Å². The van der Waals surface area contributed by atoms with Crippen molar-refractivity contribution in [3.63, 3.8) is 0 Å². The van der Waals surface area contributed by atoms with Crippen LogP contribution in [0.1, 0.15) is 6.92 Å². The predicted molar refractivity (Wildman–Crippen MR) is 49.8 cm³/mol. The highest BCUT2D eigenvalue weighted by atomic mass is 19.4. The van der Waals surface area contributed by atoms with Crippen molar-refractivity contribution in [1.29, 1.82) is 0 Å². The van der Waals surface area contributed by atoms with Gasteiger partial charge in [-0.3, -0.25) is 5.32 Å². The summed E-state index contributed by atoms with van der Waals surface area (Å²) in [4.78, 5) is 10.9. The summed E-state index contributed by atoms with van der Waals surface area (Å²) in [5.74, 6) is 1.46.